The molecule has 0 spiro atoms. The van der Waals surface area contributed by atoms with Crippen molar-refractivity contribution in [2.45, 2.75) is 51.7 Å². The molecule has 0 aromatic carbocycles. The van der Waals surface area contributed by atoms with Crippen LogP contribution in [0.5, 0.6) is 0 Å². The normalized spacial score (nSPS) is 21.4. The summed E-state index contributed by atoms with van der Waals surface area (Å²) in [7, 11) is 0. The summed E-state index contributed by atoms with van der Waals surface area (Å²) in [5.41, 5.74) is 0. The monoisotopic (exact) mass is 462 g/mol. The minimum atomic E-state index is -4.15. The van der Waals surface area contributed by atoms with Crippen LogP contribution in [0.15, 0.2) is 4.99 Å². The summed E-state index contributed by atoms with van der Waals surface area (Å²) in [5, 5.41) is 3.27. The molecule has 0 aromatic heterocycles. The Balaban J connectivity index is 0.00000288. The van der Waals surface area contributed by atoms with E-state index in [4.69, 9.17) is 0 Å². The summed E-state index contributed by atoms with van der Waals surface area (Å²) in [6.45, 7) is 6.87. The van der Waals surface area contributed by atoms with Crippen molar-refractivity contribution in [3.63, 3.8) is 0 Å². The molecule has 1 heterocycles. The lowest BCUT2D eigenvalue weighted by Gasteiger charge is -2.39. The van der Waals surface area contributed by atoms with Crippen LogP contribution in [-0.2, 0) is 0 Å². The Morgan fingerprint density at radius 1 is 1.21 bits per heavy atom. The lowest BCUT2D eigenvalue weighted by molar-refractivity contribution is -0.181. The Kier molecular flexibility index (Phi) is 9.11. The van der Waals surface area contributed by atoms with E-state index in [0.717, 1.165) is 31.4 Å². The molecule has 0 amide bonds. The molecule has 0 bridgehead atoms. The number of nitrogens with zero attached hydrogens (tertiary/aromatic N) is 3. The molecule has 8 heteroatoms. The van der Waals surface area contributed by atoms with Gasteiger partial charge in [0.15, 0.2) is 5.96 Å². The van der Waals surface area contributed by atoms with Gasteiger partial charge in [-0.15, -0.1) is 24.0 Å². The third-order valence-electron chi connectivity index (χ3n) is 4.70. The highest BCUT2D eigenvalue weighted by atomic mass is 127. The first-order valence-corrected chi connectivity index (χ1v) is 8.75. The molecule has 1 saturated carbocycles. The number of piperazine rings is 1. The van der Waals surface area contributed by atoms with E-state index in [-0.39, 0.29) is 24.0 Å². The molecular formula is C16H30F3IN4. The van der Waals surface area contributed by atoms with E-state index in [1.165, 1.54) is 31.1 Å². The van der Waals surface area contributed by atoms with Crippen molar-refractivity contribution < 1.29 is 13.2 Å². The summed E-state index contributed by atoms with van der Waals surface area (Å²) in [5.74, 6) is 1.77. The Morgan fingerprint density at radius 3 is 2.33 bits per heavy atom. The van der Waals surface area contributed by atoms with Crippen LogP contribution in [-0.4, -0.2) is 67.2 Å². The van der Waals surface area contributed by atoms with Crippen LogP contribution in [0.2, 0.25) is 0 Å². The van der Waals surface area contributed by atoms with Crippen molar-refractivity contribution in [3.05, 3.63) is 0 Å². The number of halogens is 4. The van der Waals surface area contributed by atoms with Crippen LogP contribution in [0.4, 0.5) is 13.2 Å². The molecule has 142 valence electrons. The predicted octanol–water partition coefficient (Wildman–Crippen LogP) is 3.33. The van der Waals surface area contributed by atoms with Crippen molar-refractivity contribution in [1.82, 2.24) is 15.1 Å². The van der Waals surface area contributed by atoms with Gasteiger partial charge in [-0.1, -0.05) is 12.8 Å². The third kappa shape index (κ3) is 6.93. The molecule has 1 aliphatic carbocycles. The number of hydrogen-bond acceptors (Lipinski definition) is 2. The average molecular weight is 462 g/mol. The Hall–Kier alpha value is -0.250. The fourth-order valence-electron chi connectivity index (χ4n) is 2.93. The molecule has 1 atom stereocenters. The summed E-state index contributed by atoms with van der Waals surface area (Å²) in [4.78, 5) is 8.24. The van der Waals surface area contributed by atoms with Crippen LogP contribution in [0.1, 0.15) is 39.5 Å². The molecule has 2 aliphatic rings. The first-order chi connectivity index (χ1) is 10.9. The van der Waals surface area contributed by atoms with E-state index < -0.39 is 12.2 Å². The van der Waals surface area contributed by atoms with Crippen LogP contribution < -0.4 is 5.32 Å². The van der Waals surface area contributed by atoms with Gasteiger partial charge in [-0.3, -0.25) is 9.89 Å². The molecule has 1 aliphatic heterocycles. The highest BCUT2D eigenvalue weighted by molar-refractivity contribution is 14.0. The second kappa shape index (κ2) is 10.0. The predicted molar refractivity (Wildman–Crippen MR) is 102 cm³/mol. The Labute approximate surface area is 160 Å². The first-order valence-electron chi connectivity index (χ1n) is 8.75. The van der Waals surface area contributed by atoms with Gasteiger partial charge in [-0.05, 0) is 32.6 Å². The van der Waals surface area contributed by atoms with Gasteiger partial charge in [-0.2, -0.15) is 13.2 Å². The lowest BCUT2D eigenvalue weighted by atomic mass is 10.2. The van der Waals surface area contributed by atoms with Crippen LogP contribution in [0, 0.1) is 5.92 Å². The third-order valence-corrected chi connectivity index (χ3v) is 4.70. The van der Waals surface area contributed by atoms with Gasteiger partial charge in [0.25, 0.3) is 0 Å². The highest BCUT2D eigenvalue weighted by Gasteiger charge is 2.41. The van der Waals surface area contributed by atoms with Crippen molar-refractivity contribution in [2.24, 2.45) is 10.9 Å². The van der Waals surface area contributed by atoms with Crippen LogP contribution >= 0.6 is 24.0 Å². The second-order valence-corrected chi connectivity index (χ2v) is 6.56. The Bertz CT molecular complexity index is 391. The molecule has 0 radical (unpaired) electrons. The number of rotatable bonds is 6. The highest BCUT2D eigenvalue weighted by Crippen LogP contribution is 2.33. The molecule has 2 rings (SSSR count). The largest absolute Gasteiger partial charge is 0.403 e. The minimum Gasteiger partial charge on any atom is -0.357 e. The van der Waals surface area contributed by atoms with Gasteiger partial charge in [0, 0.05) is 39.3 Å². The van der Waals surface area contributed by atoms with Gasteiger partial charge in [0.2, 0.25) is 0 Å². The molecule has 0 aromatic rings. The van der Waals surface area contributed by atoms with E-state index in [1.54, 1.807) is 0 Å². The smallest absolute Gasteiger partial charge is 0.357 e. The molecule has 1 saturated heterocycles. The molecule has 1 N–H and O–H groups in total. The molecule has 1 unspecified atom stereocenters. The molecule has 4 nitrogen and oxygen atoms in total. The zero-order chi connectivity index (χ0) is 16.9. The van der Waals surface area contributed by atoms with Crippen LogP contribution in [0.25, 0.3) is 0 Å². The second-order valence-electron chi connectivity index (χ2n) is 6.56. The number of alkyl halides is 3. The average Bonchev–Trinajstić information content (AvgIpc) is 3.33. The zero-order valence-electron chi connectivity index (χ0n) is 14.6. The maximum absolute atomic E-state index is 12.8. The molecule has 2 fully saturated rings. The first kappa shape index (κ1) is 21.8. The number of hydrogen-bond donors (Lipinski definition) is 1. The summed E-state index contributed by atoms with van der Waals surface area (Å²) in [6.07, 6.45) is 0.931. The standard InChI is InChI=1S/C16H29F3N4.HI/c1-3-20-15(21-8-4-5-14-6-7-14)23-11-9-22(10-12-23)13(2)16(17,18)19;/h13-14H,3-12H2,1-2H3,(H,20,21);1H. The van der Waals surface area contributed by atoms with Gasteiger partial charge >= 0.3 is 6.18 Å². The van der Waals surface area contributed by atoms with E-state index in [0.29, 0.717) is 26.2 Å². The number of nitrogens with one attached hydrogen (secondary N) is 1. The van der Waals surface area contributed by atoms with E-state index in [1.807, 2.05) is 6.92 Å². The topological polar surface area (TPSA) is 30.9 Å². The Morgan fingerprint density at radius 2 is 1.83 bits per heavy atom. The summed E-state index contributed by atoms with van der Waals surface area (Å²) < 4.78 is 38.4. The molecular weight excluding hydrogens is 432 g/mol. The molecule has 24 heavy (non-hydrogen) atoms. The minimum absolute atomic E-state index is 0. The van der Waals surface area contributed by atoms with Gasteiger partial charge in [0.1, 0.15) is 6.04 Å². The number of guanidine groups is 1. The van der Waals surface area contributed by atoms with E-state index in [9.17, 15) is 13.2 Å². The van der Waals surface area contributed by atoms with Gasteiger partial charge in [0.05, 0.1) is 0 Å². The lowest BCUT2D eigenvalue weighted by Crippen LogP contribution is -2.56. The summed E-state index contributed by atoms with van der Waals surface area (Å²) in [6, 6.07) is -1.37. The van der Waals surface area contributed by atoms with Gasteiger partial charge < -0.3 is 10.2 Å². The fourth-order valence-corrected chi connectivity index (χ4v) is 2.93. The SMILES string of the molecule is CCNC(=NCCCC1CC1)N1CCN(C(C)C(F)(F)F)CC1.I. The maximum atomic E-state index is 12.8. The zero-order valence-corrected chi connectivity index (χ0v) is 16.9. The van der Waals surface area contributed by atoms with Crippen molar-refractivity contribution >= 4 is 29.9 Å². The van der Waals surface area contributed by atoms with Crippen molar-refractivity contribution in [1.29, 1.82) is 0 Å². The maximum Gasteiger partial charge on any atom is 0.403 e. The van der Waals surface area contributed by atoms with Crippen LogP contribution in [0.3, 0.4) is 0 Å². The van der Waals surface area contributed by atoms with Crippen molar-refractivity contribution in [2.75, 3.05) is 39.3 Å². The fraction of sp³-hybridized carbons (Fsp3) is 0.938. The van der Waals surface area contributed by atoms with Gasteiger partial charge in [-0.25, -0.2) is 0 Å². The van der Waals surface area contributed by atoms with Crippen molar-refractivity contribution in [3.8, 4) is 0 Å². The van der Waals surface area contributed by atoms with E-state index in [2.05, 4.69) is 15.2 Å². The van der Waals surface area contributed by atoms with E-state index >= 15 is 0 Å². The number of aliphatic imine (C=N–C) groups is 1. The summed E-state index contributed by atoms with van der Waals surface area (Å²) >= 11 is 0. The quantitative estimate of drug-likeness (QED) is 0.285.